The average molecular weight is 213 g/mol. The van der Waals surface area contributed by atoms with Gasteiger partial charge in [-0.15, -0.1) is 0 Å². The van der Waals surface area contributed by atoms with Crippen molar-refractivity contribution >= 4 is 22.9 Å². The molecule has 0 spiro atoms. The van der Waals surface area contributed by atoms with Crippen LogP contribution < -0.4 is 0 Å². The van der Waals surface area contributed by atoms with Gasteiger partial charge in [0.25, 0.3) is 0 Å². The van der Waals surface area contributed by atoms with Crippen LogP contribution in [0.1, 0.15) is 0 Å². The molecule has 0 aliphatic heterocycles. The maximum atomic E-state index is 13.3. The van der Waals surface area contributed by atoms with E-state index in [0.29, 0.717) is 10.6 Å². The van der Waals surface area contributed by atoms with Crippen molar-refractivity contribution in [2.24, 2.45) is 0 Å². The molecular weight excluding hydrogens is 207 g/mol. The predicted molar refractivity (Wildman–Crippen MR) is 54.7 cm³/mol. The minimum absolute atomic E-state index is 0.234. The van der Waals surface area contributed by atoms with Crippen LogP contribution in [0.4, 0.5) is 4.39 Å². The second-order valence-electron chi connectivity index (χ2n) is 2.64. The fourth-order valence-electron chi connectivity index (χ4n) is 1.14. The van der Waals surface area contributed by atoms with Gasteiger partial charge >= 0.3 is 0 Å². The van der Waals surface area contributed by atoms with Gasteiger partial charge in [0.1, 0.15) is 5.82 Å². The van der Waals surface area contributed by atoms with Crippen LogP contribution in [-0.2, 0) is 0 Å². The molecule has 2 aromatic rings. The van der Waals surface area contributed by atoms with Crippen LogP contribution >= 0.6 is 22.9 Å². The summed E-state index contributed by atoms with van der Waals surface area (Å²) in [6, 6.07) is 6.44. The van der Waals surface area contributed by atoms with E-state index in [9.17, 15) is 4.39 Å². The first-order chi connectivity index (χ1) is 6.27. The van der Waals surface area contributed by atoms with Crippen LogP contribution in [0.15, 0.2) is 35.0 Å². The van der Waals surface area contributed by atoms with E-state index in [2.05, 4.69) is 0 Å². The third kappa shape index (κ3) is 1.74. The fraction of sp³-hybridized carbons (Fsp3) is 0. The molecule has 0 atom stereocenters. The van der Waals surface area contributed by atoms with Crippen LogP contribution in [0.3, 0.4) is 0 Å². The topological polar surface area (TPSA) is 0 Å². The zero-order valence-electron chi connectivity index (χ0n) is 6.63. The van der Waals surface area contributed by atoms with Crippen molar-refractivity contribution in [3.63, 3.8) is 0 Å². The first-order valence-corrected chi connectivity index (χ1v) is 5.07. The zero-order valence-corrected chi connectivity index (χ0v) is 8.20. The lowest BCUT2D eigenvalue weighted by Gasteiger charge is -2.00. The van der Waals surface area contributed by atoms with Crippen molar-refractivity contribution in [3.8, 4) is 11.1 Å². The van der Waals surface area contributed by atoms with E-state index in [-0.39, 0.29) is 5.82 Å². The molecule has 13 heavy (non-hydrogen) atoms. The number of rotatable bonds is 1. The van der Waals surface area contributed by atoms with Crippen molar-refractivity contribution in [3.05, 3.63) is 45.9 Å². The highest BCUT2D eigenvalue weighted by molar-refractivity contribution is 7.08. The van der Waals surface area contributed by atoms with E-state index in [0.717, 1.165) is 5.56 Å². The number of hydrogen-bond acceptors (Lipinski definition) is 1. The van der Waals surface area contributed by atoms with Gasteiger partial charge in [-0.05, 0) is 40.6 Å². The Balaban J connectivity index is 2.57. The Hall–Kier alpha value is -0.860. The van der Waals surface area contributed by atoms with Crippen molar-refractivity contribution in [2.45, 2.75) is 0 Å². The Bertz CT molecular complexity index is 409. The molecule has 0 saturated carbocycles. The average Bonchev–Trinajstić information content (AvgIpc) is 2.61. The Morgan fingerprint density at radius 2 is 2.08 bits per heavy atom. The lowest BCUT2D eigenvalue weighted by molar-refractivity contribution is 0.631. The maximum absolute atomic E-state index is 13.3. The Labute approximate surface area is 84.6 Å². The van der Waals surface area contributed by atoms with Crippen molar-refractivity contribution in [1.82, 2.24) is 0 Å². The van der Waals surface area contributed by atoms with Crippen molar-refractivity contribution in [1.29, 1.82) is 0 Å². The van der Waals surface area contributed by atoms with Crippen LogP contribution in [0.25, 0.3) is 11.1 Å². The summed E-state index contributed by atoms with van der Waals surface area (Å²) in [6.45, 7) is 0. The van der Waals surface area contributed by atoms with Gasteiger partial charge in [-0.1, -0.05) is 11.6 Å². The molecule has 2 rings (SSSR count). The largest absolute Gasteiger partial charge is 0.206 e. The lowest BCUT2D eigenvalue weighted by Crippen LogP contribution is -1.81. The number of halogens is 2. The van der Waals surface area contributed by atoms with Gasteiger partial charge in [-0.2, -0.15) is 11.3 Å². The summed E-state index contributed by atoms with van der Waals surface area (Å²) in [6.07, 6.45) is 0. The molecule has 0 radical (unpaired) electrons. The smallest absolute Gasteiger partial charge is 0.131 e. The monoisotopic (exact) mass is 212 g/mol. The molecule has 1 aromatic carbocycles. The zero-order chi connectivity index (χ0) is 9.26. The van der Waals surface area contributed by atoms with Crippen LogP contribution in [0.5, 0.6) is 0 Å². The molecule has 0 aliphatic rings. The summed E-state index contributed by atoms with van der Waals surface area (Å²) in [7, 11) is 0. The molecular formula is C10H6ClFS. The molecule has 1 aromatic heterocycles. The minimum atomic E-state index is -0.234. The summed E-state index contributed by atoms with van der Waals surface area (Å²) < 4.78 is 13.3. The maximum Gasteiger partial charge on any atom is 0.131 e. The van der Waals surface area contributed by atoms with Crippen LogP contribution in [0, 0.1) is 5.82 Å². The Morgan fingerprint density at radius 1 is 1.23 bits per heavy atom. The highest BCUT2D eigenvalue weighted by Crippen LogP contribution is 2.27. The molecule has 1 heterocycles. The number of thiophene rings is 1. The van der Waals surface area contributed by atoms with Crippen molar-refractivity contribution in [2.75, 3.05) is 0 Å². The van der Waals surface area contributed by atoms with Crippen molar-refractivity contribution < 1.29 is 4.39 Å². The first-order valence-electron chi connectivity index (χ1n) is 3.75. The molecule has 0 amide bonds. The molecule has 0 bridgehead atoms. The quantitative estimate of drug-likeness (QED) is 0.665. The summed E-state index contributed by atoms with van der Waals surface area (Å²) >= 11 is 7.31. The molecule has 0 nitrogen and oxygen atoms in total. The van der Waals surface area contributed by atoms with Crippen LogP contribution in [-0.4, -0.2) is 0 Å². The first kappa shape index (κ1) is 8.73. The standard InChI is InChI=1S/C10H6ClFS/c11-8-1-2-10(12)9(5-8)7-3-4-13-6-7/h1-6H. The van der Waals surface area contributed by atoms with Gasteiger partial charge in [0.15, 0.2) is 0 Å². The number of hydrogen-bond donors (Lipinski definition) is 0. The normalized spacial score (nSPS) is 10.3. The predicted octanol–water partition coefficient (Wildman–Crippen LogP) is 4.21. The third-order valence-corrected chi connectivity index (χ3v) is 2.68. The van der Waals surface area contributed by atoms with E-state index < -0.39 is 0 Å². The minimum Gasteiger partial charge on any atom is -0.206 e. The molecule has 66 valence electrons. The summed E-state index contributed by atoms with van der Waals surface area (Å²) in [5.74, 6) is -0.234. The van der Waals surface area contributed by atoms with E-state index in [1.165, 1.54) is 17.4 Å². The molecule has 0 saturated heterocycles. The fourth-order valence-corrected chi connectivity index (χ4v) is 1.96. The second kappa shape index (κ2) is 3.48. The third-order valence-electron chi connectivity index (χ3n) is 1.76. The Morgan fingerprint density at radius 3 is 2.77 bits per heavy atom. The Kier molecular flexibility index (Phi) is 2.34. The summed E-state index contributed by atoms with van der Waals surface area (Å²) in [5.41, 5.74) is 1.44. The summed E-state index contributed by atoms with van der Waals surface area (Å²) in [4.78, 5) is 0. The van der Waals surface area contributed by atoms with Crippen LogP contribution in [0.2, 0.25) is 5.02 Å². The molecule has 0 fully saturated rings. The highest BCUT2D eigenvalue weighted by atomic mass is 35.5. The summed E-state index contributed by atoms with van der Waals surface area (Å²) in [5, 5.41) is 4.37. The van der Waals surface area contributed by atoms with E-state index in [1.807, 2.05) is 16.8 Å². The molecule has 0 unspecified atom stereocenters. The SMILES string of the molecule is Fc1ccc(Cl)cc1-c1ccsc1. The van der Waals surface area contributed by atoms with Gasteiger partial charge in [0, 0.05) is 10.6 Å². The molecule has 3 heteroatoms. The van der Waals surface area contributed by atoms with E-state index >= 15 is 0 Å². The van der Waals surface area contributed by atoms with Gasteiger partial charge in [-0.3, -0.25) is 0 Å². The lowest BCUT2D eigenvalue weighted by atomic mass is 10.1. The van der Waals surface area contributed by atoms with E-state index in [1.54, 1.807) is 12.1 Å². The van der Waals surface area contributed by atoms with Gasteiger partial charge in [0.2, 0.25) is 0 Å². The van der Waals surface area contributed by atoms with Gasteiger partial charge in [-0.25, -0.2) is 4.39 Å². The molecule has 0 aliphatic carbocycles. The second-order valence-corrected chi connectivity index (χ2v) is 3.85. The van der Waals surface area contributed by atoms with E-state index in [4.69, 9.17) is 11.6 Å². The molecule has 0 N–H and O–H groups in total. The van der Waals surface area contributed by atoms with Gasteiger partial charge < -0.3 is 0 Å². The number of benzene rings is 1. The highest BCUT2D eigenvalue weighted by Gasteiger charge is 2.05. The van der Waals surface area contributed by atoms with Gasteiger partial charge in [0.05, 0.1) is 0 Å².